The van der Waals surface area contributed by atoms with Crippen LogP contribution in [0.2, 0.25) is 0 Å². The van der Waals surface area contributed by atoms with E-state index in [1.807, 2.05) is 19.9 Å². The Kier molecular flexibility index (Phi) is 1.98. The molecule has 2 rings (SSSR count). The van der Waals surface area contributed by atoms with Gasteiger partial charge in [0, 0.05) is 0 Å². The Bertz CT molecular complexity index is 329. The van der Waals surface area contributed by atoms with Crippen LogP contribution in [0.1, 0.15) is 20.8 Å². The van der Waals surface area contributed by atoms with Crippen LogP contribution in [0.25, 0.3) is 0 Å². The molecule has 76 valence electrons. The highest BCUT2D eigenvalue weighted by Gasteiger charge is 2.49. The summed E-state index contributed by atoms with van der Waals surface area (Å²) < 4.78 is 4.65. The van der Waals surface area contributed by atoms with E-state index in [0.717, 1.165) is 0 Å². The maximum atomic E-state index is 11.4. The fourth-order valence-corrected chi connectivity index (χ4v) is 2.40. The third kappa shape index (κ3) is 1.11. The zero-order chi connectivity index (χ0) is 10.5. The third-order valence-corrected chi connectivity index (χ3v) is 3.65. The predicted molar refractivity (Wildman–Crippen MR) is 50.2 cm³/mol. The Balaban J connectivity index is 2.41. The molecule has 1 saturated heterocycles. The number of cyclic esters (lactones) is 2. The topological polar surface area (TPSA) is 43.4 Å². The van der Waals surface area contributed by atoms with Crippen molar-refractivity contribution < 1.29 is 14.3 Å². The summed E-state index contributed by atoms with van der Waals surface area (Å²) in [6.07, 6.45) is 1.89. The van der Waals surface area contributed by atoms with Crippen LogP contribution in [-0.2, 0) is 14.3 Å². The van der Waals surface area contributed by atoms with Crippen LogP contribution < -0.4 is 0 Å². The first-order valence-corrected chi connectivity index (χ1v) is 4.96. The maximum absolute atomic E-state index is 11.4. The van der Waals surface area contributed by atoms with Crippen molar-refractivity contribution in [1.29, 1.82) is 0 Å². The van der Waals surface area contributed by atoms with E-state index in [1.165, 1.54) is 5.57 Å². The molecule has 1 aliphatic heterocycles. The lowest BCUT2D eigenvalue weighted by Gasteiger charge is -2.31. The van der Waals surface area contributed by atoms with Gasteiger partial charge in [-0.25, -0.2) is 0 Å². The number of hydrogen-bond acceptors (Lipinski definition) is 3. The predicted octanol–water partition coefficient (Wildman–Crippen LogP) is 1.53. The second-order valence-electron chi connectivity index (χ2n) is 4.35. The Morgan fingerprint density at radius 3 is 2.50 bits per heavy atom. The van der Waals surface area contributed by atoms with Crippen LogP contribution in [0.4, 0.5) is 0 Å². The van der Waals surface area contributed by atoms with Gasteiger partial charge < -0.3 is 4.74 Å². The molecule has 14 heavy (non-hydrogen) atoms. The minimum atomic E-state index is -0.377. The van der Waals surface area contributed by atoms with E-state index in [1.54, 1.807) is 0 Å². The van der Waals surface area contributed by atoms with Crippen molar-refractivity contribution in [1.82, 2.24) is 0 Å². The average molecular weight is 194 g/mol. The van der Waals surface area contributed by atoms with E-state index < -0.39 is 0 Å². The molecule has 1 fully saturated rings. The summed E-state index contributed by atoms with van der Waals surface area (Å²) in [7, 11) is 0. The van der Waals surface area contributed by atoms with Crippen molar-refractivity contribution in [3.8, 4) is 0 Å². The lowest BCUT2D eigenvalue weighted by molar-refractivity contribution is -0.153. The van der Waals surface area contributed by atoms with Crippen molar-refractivity contribution in [2.75, 3.05) is 0 Å². The summed E-state index contributed by atoms with van der Waals surface area (Å²) in [6, 6.07) is 0. The molecule has 0 spiro atoms. The van der Waals surface area contributed by atoms with E-state index in [-0.39, 0.29) is 29.7 Å². The smallest absolute Gasteiger partial charge is 0.321 e. The summed E-state index contributed by atoms with van der Waals surface area (Å²) in [5.41, 5.74) is 1.19. The number of ether oxygens (including phenoxy) is 1. The first kappa shape index (κ1) is 9.44. The Labute approximate surface area is 83.1 Å². The van der Waals surface area contributed by atoms with Crippen LogP contribution >= 0.6 is 0 Å². The monoisotopic (exact) mass is 194 g/mol. The van der Waals surface area contributed by atoms with Gasteiger partial charge in [-0.2, -0.15) is 0 Å². The number of carbonyl (C=O) groups is 2. The molecule has 2 aliphatic rings. The van der Waals surface area contributed by atoms with Crippen molar-refractivity contribution in [3.05, 3.63) is 11.6 Å². The zero-order valence-electron chi connectivity index (χ0n) is 8.61. The number of esters is 2. The highest BCUT2D eigenvalue weighted by Crippen LogP contribution is 2.42. The van der Waals surface area contributed by atoms with Crippen LogP contribution in [0.5, 0.6) is 0 Å². The summed E-state index contributed by atoms with van der Waals surface area (Å²) in [6.45, 7) is 6.11. The molecule has 1 aliphatic carbocycles. The minimum Gasteiger partial charge on any atom is -0.392 e. The van der Waals surface area contributed by atoms with Gasteiger partial charge in [0.05, 0.1) is 11.8 Å². The van der Waals surface area contributed by atoms with Crippen molar-refractivity contribution in [3.63, 3.8) is 0 Å². The largest absolute Gasteiger partial charge is 0.392 e. The highest BCUT2D eigenvalue weighted by molar-refractivity contribution is 5.98. The van der Waals surface area contributed by atoms with Gasteiger partial charge in [0.25, 0.3) is 0 Å². The first-order chi connectivity index (χ1) is 6.52. The van der Waals surface area contributed by atoms with Gasteiger partial charge in [0.15, 0.2) is 0 Å². The number of fused-ring (bicyclic) bond motifs is 1. The lowest BCUT2D eigenvalue weighted by Crippen LogP contribution is -2.32. The molecule has 0 amide bonds. The van der Waals surface area contributed by atoms with E-state index in [9.17, 15) is 9.59 Å². The fourth-order valence-electron chi connectivity index (χ4n) is 2.40. The molecule has 4 unspecified atom stereocenters. The molecule has 0 aromatic carbocycles. The average Bonchev–Trinajstić information content (AvgIpc) is 2.38. The molecular formula is C11H14O3. The molecule has 1 heterocycles. The molecule has 0 aromatic rings. The van der Waals surface area contributed by atoms with Gasteiger partial charge >= 0.3 is 11.9 Å². The van der Waals surface area contributed by atoms with Gasteiger partial charge in [-0.3, -0.25) is 9.59 Å². The van der Waals surface area contributed by atoms with E-state index in [4.69, 9.17) is 0 Å². The van der Waals surface area contributed by atoms with Crippen LogP contribution in [-0.4, -0.2) is 11.9 Å². The highest BCUT2D eigenvalue weighted by atomic mass is 16.6. The van der Waals surface area contributed by atoms with Crippen LogP contribution in [0.3, 0.4) is 0 Å². The Hall–Kier alpha value is -1.12. The molecule has 0 saturated carbocycles. The minimum absolute atomic E-state index is 0.198. The molecule has 0 N–H and O–H groups in total. The lowest BCUT2D eigenvalue weighted by atomic mass is 9.70. The molecule has 3 heteroatoms. The maximum Gasteiger partial charge on any atom is 0.321 e. The Morgan fingerprint density at radius 1 is 1.21 bits per heavy atom. The number of allylic oxidation sites excluding steroid dienone is 1. The van der Waals surface area contributed by atoms with E-state index >= 15 is 0 Å². The molecule has 4 atom stereocenters. The number of rotatable bonds is 0. The zero-order valence-corrected chi connectivity index (χ0v) is 8.61. The standard InChI is InChI=1S/C11H14O3/c1-5-4-8-9(7(3)6(5)2)11(13)14-10(8)12/h4,6-9H,1-3H3. The fraction of sp³-hybridized carbons (Fsp3) is 0.636. The molecule has 3 nitrogen and oxygen atoms in total. The summed E-state index contributed by atoms with van der Waals surface area (Å²) in [5.74, 6) is -0.741. The van der Waals surface area contributed by atoms with Crippen molar-refractivity contribution >= 4 is 11.9 Å². The van der Waals surface area contributed by atoms with Gasteiger partial charge in [0.2, 0.25) is 0 Å². The van der Waals surface area contributed by atoms with Crippen LogP contribution in [0, 0.1) is 23.7 Å². The number of hydrogen-bond donors (Lipinski definition) is 0. The van der Waals surface area contributed by atoms with Gasteiger partial charge in [0.1, 0.15) is 0 Å². The second-order valence-corrected chi connectivity index (χ2v) is 4.35. The molecular weight excluding hydrogens is 180 g/mol. The SMILES string of the molecule is CC1=CC2C(=O)OC(=O)C2C(C)C1C. The number of carbonyl (C=O) groups excluding carboxylic acids is 2. The van der Waals surface area contributed by atoms with Gasteiger partial charge in [-0.05, 0) is 18.8 Å². The summed E-state index contributed by atoms with van der Waals surface area (Å²) in [5, 5.41) is 0. The normalized spacial score (nSPS) is 41.8. The van der Waals surface area contributed by atoms with Crippen molar-refractivity contribution in [2.45, 2.75) is 20.8 Å². The molecule has 0 radical (unpaired) electrons. The summed E-state index contributed by atoms with van der Waals surface area (Å²) in [4.78, 5) is 22.7. The van der Waals surface area contributed by atoms with Gasteiger partial charge in [-0.15, -0.1) is 0 Å². The quantitative estimate of drug-likeness (QED) is 0.334. The second kappa shape index (κ2) is 2.94. The van der Waals surface area contributed by atoms with E-state index in [2.05, 4.69) is 11.7 Å². The van der Waals surface area contributed by atoms with E-state index in [0.29, 0.717) is 5.92 Å². The van der Waals surface area contributed by atoms with Crippen LogP contribution in [0.15, 0.2) is 11.6 Å². The summed E-state index contributed by atoms with van der Waals surface area (Å²) >= 11 is 0. The third-order valence-electron chi connectivity index (χ3n) is 3.65. The Morgan fingerprint density at radius 2 is 1.86 bits per heavy atom. The van der Waals surface area contributed by atoms with Crippen molar-refractivity contribution in [2.24, 2.45) is 23.7 Å². The van der Waals surface area contributed by atoms with Gasteiger partial charge in [-0.1, -0.05) is 25.5 Å². The first-order valence-electron chi connectivity index (χ1n) is 4.96. The molecule has 0 bridgehead atoms. The molecule has 0 aromatic heterocycles.